The maximum absolute atomic E-state index is 12.6. The molecular formula is C26H22N2O. The molecule has 0 bridgehead atoms. The maximum Gasteiger partial charge on any atom is 0.244 e. The first-order valence-electron chi connectivity index (χ1n) is 10.0. The van der Waals surface area contributed by atoms with E-state index < -0.39 is 0 Å². The number of benzene rings is 4. The summed E-state index contributed by atoms with van der Waals surface area (Å²) in [6.07, 6.45) is 2.52. The van der Waals surface area contributed by atoms with Crippen molar-refractivity contribution >= 4 is 33.2 Å². The minimum atomic E-state index is -0.105. The third-order valence-electron chi connectivity index (χ3n) is 5.85. The van der Waals surface area contributed by atoms with Gasteiger partial charge >= 0.3 is 0 Å². The van der Waals surface area contributed by atoms with Crippen molar-refractivity contribution in [3.05, 3.63) is 95.1 Å². The van der Waals surface area contributed by atoms with Gasteiger partial charge in [0.1, 0.15) is 0 Å². The van der Waals surface area contributed by atoms with Crippen LogP contribution in [-0.4, -0.2) is 11.6 Å². The summed E-state index contributed by atoms with van der Waals surface area (Å²) in [6.45, 7) is 1.96. The largest absolute Gasteiger partial charge is 0.273 e. The summed E-state index contributed by atoms with van der Waals surface area (Å²) in [5.41, 5.74) is 8.49. The van der Waals surface area contributed by atoms with Crippen LogP contribution in [0, 0.1) is 0 Å². The van der Waals surface area contributed by atoms with Gasteiger partial charge in [-0.1, -0.05) is 72.8 Å². The van der Waals surface area contributed by atoms with E-state index in [-0.39, 0.29) is 5.91 Å². The fourth-order valence-electron chi connectivity index (χ4n) is 4.43. The predicted octanol–water partition coefficient (Wildman–Crippen LogP) is 5.17. The van der Waals surface area contributed by atoms with Gasteiger partial charge in [-0.2, -0.15) is 5.10 Å². The second-order valence-electron chi connectivity index (χ2n) is 7.66. The molecule has 0 fully saturated rings. The Kier molecular flexibility index (Phi) is 4.36. The Labute approximate surface area is 170 Å². The quantitative estimate of drug-likeness (QED) is 0.386. The molecule has 0 heterocycles. The number of aryl methyl sites for hydroxylation is 2. The van der Waals surface area contributed by atoms with E-state index in [9.17, 15) is 4.79 Å². The van der Waals surface area contributed by atoms with Crippen LogP contribution >= 0.6 is 0 Å². The molecule has 3 nitrogen and oxygen atoms in total. The fourth-order valence-corrected chi connectivity index (χ4v) is 4.43. The number of carbonyl (C=O) groups is 1. The van der Waals surface area contributed by atoms with Crippen molar-refractivity contribution in [3.63, 3.8) is 0 Å². The molecule has 1 aliphatic rings. The van der Waals surface area contributed by atoms with Crippen LogP contribution in [0.4, 0.5) is 0 Å². The highest BCUT2D eigenvalue weighted by Crippen LogP contribution is 2.33. The summed E-state index contributed by atoms with van der Waals surface area (Å²) in [7, 11) is 0. The van der Waals surface area contributed by atoms with Gasteiger partial charge in [0, 0.05) is 5.56 Å². The van der Waals surface area contributed by atoms with E-state index in [1.54, 1.807) is 0 Å². The summed E-state index contributed by atoms with van der Waals surface area (Å²) >= 11 is 0. The number of hydrogen-bond acceptors (Lipinski definition) is 2. The second kappa shape index (κ2) is 7.17. The van der Waals surface area contributed by atoms with Crippen molar-refractivity contribution in [2.24, 2.45) is 5.10 Å². The zero-order chi connectivity index (χ0) is 19.8. The number of nitrogens with one attached hydrogen (secondary N) is 1. The first kappa shape index (κ1) is 17.6. The highest BCUT2D eigenvalue weighted by Gasteiger charge is 2.16. The van der Waals surface area contributed by atoms with Crippen molar-refractivity contribution < 1.29 is 4.79 Å². The summed E-state index contributed by atoms with van der Waals surface area (Å²) < 4.78 is 0. The lowest BCUT2D eigenvalue weighted by atomic mass is 9.98. The molecule has 0 spiro atoms. The standard InChI is InChI=1S/C26H22N2O/c1-17(22-15-14-20-13-12-19-8-5-11-24(22)26(19)20)27-28-25(29)16-21-9-4-7-18-6-2-3-10-23(18)21/h2-11,14-15H,12-13,16H2,1H3,(H,28,29)/b27-17+. The average Bonchev–Trinajstić information content (AvgIpc) is 3.18. The van der Waals surface area contributed by atoms with E-state index in [0.29, 0.717) is 6.42 Å². The molecule has 142 valence electrons. The van der Waals surface area contributed by atoms with Crippen molar-refractivity contribution in [1.29, 1.82) is 0 Å². The Hall–Kier alpha value is -3.46. The molecule has 3 heteroatoms. The Morgan fingerprint density at radius 3 is 2.48 bits per heavy atom. The molecule has 0 unspecified atom stereocenters. The molecule has 0 saturated heterocycles. The van der Waals surface area contributed by atoms with Crippen molar-refractivity contribution in [3.8, 4) is 0 Å². The van der Waals surface area contributed by atoms with Crippen LogP contribution in [0.2, 0.25) is 0 Å². The third kappa shape index (κ3) is 3.19. The van der Waals surface area contributed by atoms with E-state index in [1.807, 2.05) is 31.2 Å². The van der Waals surface area contributed by atoms with Crippen LogP contribution in [0.25, 0.3) is 21.5 Å². The number of fused-ring (bicyclic) bond motifs is 1. The number of hydrogen-bond donors (Lipinski definition) is 1. The molecule has 5 rings (SSSR count). The lowest BCUT2D eigenvalue weighted by Gasteiger charge is -2.09. The molecule has 0 radical (unpaired) electrons. The molecule has 4 aromatic rings. The van der Waals surface area contributed by atoms with Gasteiger partial charge < -0.3 is 0 Å². The Morgan fingerprint density at radius 1 is 0.862 bits per heavy atom. The number of carbonyl (C=O) groups excluding carboxylic acids is 1. The summed E-state index contributed by atoms with van der Waals surface area (Å²) in [4.78, 5) is 12.6. The van der Waals surface area contributed by atoms with E-state index in [0.717, 1.165) is 40.5 Å². The van der Waals surface area contributed by atoms with E-state index in [2.05, 4.69) is 59.1 Å². The SMILES string of the molecule is C/C(=N\NC(=O)Cc1cccc2ccccc12)c1ccc2c3c(cccc13)CC2. The van der Waals surface area contributed by atoms with Crippen LogP contribution in [0.1, 0.15) is 29.2 Å². The number of nitrogens with zero attached hydrogens (tertiary/aromatic N) is 1. The molecule has 0 aliphatic heterocycles. The molecule has 0 aromatic heterocycles. The topological polar surface area (TPSA) is 41.5 Å². The minimum absolute atomic E-state index is 0.105. The summed E-state index contributed by atoms with van der Waals surface area (Å²) in [5.74, 6) is -0.105. The zero-order valence-electron chi connectivity index (χ0n) is 16.4. The van der Waals surface area contributed by atoms with Crippen LogP contribution in [-0.2, 0) is 24.1 Å². The Bertz CT molecular complexity index is 1270. The lowest BCUT2D eigenvalue weighted by molar-refractivity contribution is -0.120. The highest BCUT2D eigenvalue weighted by atomic mass is 16.2. The molecule has 0 saturated carbocycles. The monoisotopic (exact) mass is 378 g/mol. The number of rotatable bonds is 4. The molecule has 4 aromatic carbocycles. The molecule has 1 N–H and O–H groups in total. The maximum atomic E-state index is 12.6. The molecular weight excluding hydrogens is 356 g/mol. The lowest BCUT2D eigenvalue weighted by Crippen LogP contribution is -2.21. The normalized spacial score (nSPS) is 13.2. The average molecular weight is 378 g/mol. The molecule has 1 aliphatic carbocycles. The minimum Gasteiger partial charge on any atom is -0.273 e. The molecule has 1 amide bonds. The Balaban J connectivity index is 1.39. The van der Waals surface area contributed by atoms with Crippen molar-refractivity contribution in [2.45, 2.75) is 26.2 Å². The van der Waals surface area contributed by atoms with Crippen LogP contribution in [0.15, 0.2) is 77.9 Å². The van der Waals surface area contributed by atoms with E-state index in [1.165, 1.54) is 21.9 Å². The van der Waals surface area contributed by atoms with Gasteiger partial charge in [-0.15, -0.1) is 0 Å². The molecule has 29 heavy (non-hydrogen) atoms. The van der Waals surface area contributed by atoms with E-state index in [4.69, 9.17) is 0 Å². The first-order chi connectivity index (χ1) is 14.2. The van der Waals surface area contributed by atoms with Crippen molar-refractivity contribution in [2.75, 3.05) is 0 Å². The molecule has 0 atom stereocenters. The van der Waals surface area contributed by atoms with E-state index >= 15 is 0 Å². The van der Waals surface area contributed by atoms with Gasteiger partial charge in [-0.3, -0.25) is 4.79 Å². The second-order valence-corrected chi connectivity index (χ2v) is 7.66. The number of amides is 1. The zero-order valence-corrected chi connectivity index (χ0v) is 16.4. The van der Waals surface area contributed by atoms with Crippen molar-refractivity contribution in [1.82, 2.24) is 5.43 Å². The van der Waals surface area contributed by atoms with Crippen LogP contribution < -0.4 is 5.43 Å². The van der Waals surface area contributed by atoms with Gasteiger partial charge in [-0.25, -0.2) is 5.43 Å². The van der Waals surface area contributed by atoms with Gasteiger partial charge in [0.15, 0.2) is 0 Å². The first-order valence-corrected chi connectivity index (χ1v) is 10.0. The van der Waals surface area contributed by atoms with Crippen LogP contribution in [0.3, 0.4) is 0 Å². The van der Waals surface area contributed by atoms with Crippen LogP contribution in [0.5, 0.6) is 0 Å². The predicted molar refractivity (Wildman–Crippen MR) is 119 cm³/mol. The number of hydrazone groups is 1. The fraction of sp³-hybridized carbons (Fsp3) is 0.154. The third-order valence-corrected chi connectivity index (χ3v) is 5.85. The summed E-state index contributed by atoms with van der Waals surface area (Å²) in [5, 5.41) is 9.26. The smallest absolute Gasteiger partial charge is 0.244 e. The van der Waals surface area contributed by atoms with Gasteiger partial charge in [0.2, 0.25) is 5.91 Å². The summed E-state index contributed by atoms with van der Waals surface area (Å²) in [6, 6.07) is 25.0. The van der Waals surface area contributed by atoms with Gasteiger partial charge in [-0.05, 0) is 58.0 Å². The van der Waals surface area contributed by atoms with Gasteiger partial charge in [0.25, 0.3) is 0 Å². The highest BCUT2D eigenvalue weighted by molar-refractivity contribution is 6.11. The van der Waals surface area contributed by atoms with Gasteiger partial charge in [0.05, 0.1) is 12.1 Å². The Morgan fingerprint density at radius 2 is 1.59 bits per heavy atom.